The zero-order valence-electron chi connectivity index (χ0n) is 11.6. The molecule has 5 heteroatoms. The number of aromatic carboxylic acids is 1. The van der Waals surface area contributed by atoms with Crippen LogP contribution in [0.4, 0.5) is 10.1 Å². The molecule has 0 aromatic heterocycles. The highest BCUT2D eigenvalue weighted by Gasteiger charge is 2.23. The third-order valence-electron chi connectivity index (χ3n) is 3.94. The maximum absolute atomic E-state index is 13.7. The molecule has 1 saturated carbocycles. The Hall–Kier alpha value is -1.78. The van der Waals surface area contributed by atoms with E-state index in [-0.39, 0.29) is 17.5 Å². The third-order valence-corrected chi connectivity index (χ3v) is 3.94. The van der Waals surface area contributed by atoms with Crippen molar-refractivity contribution in [3.63, 3.8) is 0 Å². The van der Waals surface area contributed by atoms with Crippen LogP contribution < -0.4 is 10.5 Å². The average molecular weight is 281 g/mol. The Labute approximate surface area is 117 Å². The number of hydrogen-bond acceptors (Lipinski definition) is 3. The Morgan fingerprint density at radius 3 is 2.90 bits per heavy atom. The Balaban J connectivity index is 2.13. The van der Waals surface area contributed by atoms with Gasteiger partial charge in [-0.2, -0.15) is 0 Å². The number of carbonyl (C=O) groups is 1. The summed E-state index contributed by atoms with van der Waals surface area (Å²) in [6.07, 6.45) is 5.32. The Kier molecular flexibility index (Phi) is 4.47. The molecule has 3 N–H and O–H groups in total. The molecule has 2 unspecified atom stereocenters. The molecule has 1 aromatic rings. The lowest BCUT2D eigenvalue weighted by Crippen LogP contribution is -2.25. The fourth-order valence-corrected chi connectivity index (χ4v) is 2.74. The fraction of sp³-hybridized carbons (Fsp3) is 0.533. The van der Waals surface area contributed by atoms with Crippen LogP contribution in [0.15, 0.2) is 12.1 Å². The normalized spacial score (nSPS) is 22.5. The molecule has 0 saturated heterocycles. The lowest BCUT2D eigenvalue weighted by molar-refractivity contribution is 0.0691. The van der Waals surface area contributed by atoms with Crippen molar-refractivity contribution in [2.75, 3.05) is 5.73 Å². The van der Waals surface area contributed by atoms with Crippen LogP contribution in [0.5, 0.6) is 5.75 Å². The van der Waals surface area contributed by atoms with E-state index in [9.17, 15) is 9.18 Å². The summed E-state index contributed by atoms with van der Waals surface area (Å²) in [4.78, 5) is 10.8. The van der Waals surface area contributed by atoms with Gasteiger partial charge in [0.05, 0.1) is 17.4 Å². The van der Waals surface area contributed by atoms with Gasteiger partial charge in [-0.3, -0.25) is 0 Å². The second-order valence-electron chi connectivity index (χ2n) is 5.36. The van der Waals surface area contributed by atoms with E-state index in [0.717, 1.165) is 37.8 Å². The Bertz CT molecular complexity index is 504. The average Bonchev–Trinajstić information content (AvgIpc) is 2.42. The molecule has 1 fully saturated rings. The van der Waals surface area contributed by atoms with Crippen LogP contribution in [-0.4, -0.2) is 17.2 Å². The summed E-state index contributed by atoms with van der Waals surface area (Å²) >= 11 is 0. The summed E-state index contributed by atoms with van der Waals surface area (Å²) in [5.74, 6) is -1.26. The summed E-state index contributed by atoms with van der Waals surface area (Å²) in [6, 6.07) is 2.20. The van der Waals surface area contributed by atoms with Crippen molar-refractivity contribution in [2.24, 2.45) is 5.92 Å². The van der Waals surface area contributed by atoms with Gasteiger partial charge in [-0.15, -0.1) is 0 Å². The zero-order chi connectivity index (χ0) is 14.7. The quantitative estimate of drug-likeness (QED) is 0.829. The highest BCUT2D eigenvalue weighted by molar-refractivity contribution is 5.89. The molecule has 1 aliphatic carbocycles. The molecule has 0 heterocycles. The maximum Gasteiger partial charge on any atom is 0.338 e. The van der Waals surface area contributed by atoms with Crippen LogP contribution in [-0.2, 0) is 0 Å². The van der Waals surface area contributed by atoms with Crippen LogP contribution in [0.2, 0.25) is 0 Å². The molecule has 0 spiro atoms. The molecule has 2 atom stereocenters. The second-order valence-corrected chi connectivity index (χ2v) is 5.36. The van der Waals surface area contributed by atoms with Crippen LogP contribution >= 0.6 is 0 Å². The molecule has 110 valence electrons. The predicted molar refractivity (Wildman–Crippen MR) is 74.4 cm³/mol. The minimum atomic E-state index is -1.33. The van der Waals surface area contributed by atoms with Gasteiger partial charge in [-0.1, -0.05) is 19.8 Å². The highest BCUT2D eigenvalue weighted by atomic mass is 19.1. The topological polar surface area (TPSA) is 72.5 Å². The minimum Gasteiger partial charge on any atom is -0.488 e. The van der Waals surface area contributed by atoms with E-state index >= 15 is 0 Å². The van der Waals surface area contributed by atoms with Crippen LogP contribution in [0, 0.1) is 11.7 Å². The molecule has 2 rings (SSSR count). The van der Waals surface area contributed by atoms with E-state index in [1.165, 1.54) is 6.42 Å². The number of nitrogens with two attached hydrogens (primary N) is 1. The largest absolute Gasteiger partial charge is 0.488 e. The van der Waals surface area contributed by atoms with Crippen LogP contribution in [0.25, 0.3) is 0 Å². The van der Waals surface area contributed by atoms with E-state index in [4.69, 9.17) is 15.6 Å². The van der Waals surface area contributed by atoms with Gasteiger partial charge in [0, 0.05) is 6.07 Å². The summed E-state index contributed by atoms with van der Waals surface area (Å²) in [5.41, 5.74) is 5.50. The smallest absolute Gasteiger partial charge is 0.338 e. The van der Waals surface area contributed by atoms with E-state index in [2.05, 4.69) is 6.92 Å². The molecular formula is C15H20FNO3. The first kappa shape index (κ1) is 14.6. The molecule has 0 radical (unpaired) electrons. The van der Waals surface area contributed by atoms with Crippen molar-refractivity contribution in [1.82, 2.24) is 0 Å². The summed E-state index contributed by atoms with van der Waals surface area (Å²) in [5, 5.41) is 8.83. The van der Waals surface area contributed by atoms with E-state index in [1.54, 1.807) is 0 Å². The molecule has 1 aliphatic rings. The molecule has 0 amide bonds. The molecule has 0 aliphatic heterocycles. The van der Waals surface area contributed by atoms with Gasteiger partial charge in [0.2, 0.25) is 0 Å². The third kappa shape index (κ3) is 3.21. The lowest BCUT2D eigenvalue weighted by atomic mass is 9.85. The first-order valence-electron chi connectivity index (χ1n) is 7.00. The Morgan fingerprint density at radius 1 is 1.50 bits per heavy atom. The number of benzene rings is 1. The van der Waals surface area contributed by atoms with E-state index < -0.39 is 17.3 Å². The van der Waals surface area contributed by atoms with Gasteiger partial charge in [-0.05, 0) is 31.2 Å². The van der Waals surface area contributed by atoms with Crippen molar-refractivity contribution in [3.8, 4) is 5.75 Å². The van der Waals surface area contributed by atoms with Gasteiger partial charge < -0.3 is 15.6 Å². The number of anilines is 1. The second kappa shape index (κ2) is 6.11. The summed E-state index contributed by atoms with van der Waals surface area (Å²) < 4.78 is 19.4. The van der Waals surface area contributed by atoms with Gasteiger partial charge in [-0.25, -0.2) is 9.18 Å². The zero-order valence-corrected chi connectivity index (χ0v) is 11.6. The number of rotatable bonds is 4. The molecule has 20 heavy (non-hydrogen) atoms. The number of nitrogen functional groups attached to an aromatic ring is 1. The number of halogens is 1. The van der Waals surface area contributed by atoms with E-state index in [0.29, 0.717) is 5.92 Å². The van der Waals surface area contributed by atoms with Crippen LogP contribution in [0.3, 0.4) is 0 Å². The summed E-state index contributed by atoms with van der Waals surface area (Å²) in [6.45, 7) is 2.16. The number of ether oxygens (including phenoxy) is 1. The first-order valence-corrected chi connectivity index (χ1v) is 7.00. The highest BCUT2D eigenvalue weighted by Crippen LogP contribution is 2.32. The van der Waals surface area contributed by atoms with Crippen LogP contribution in [0.1, 0.15) is 49.4 Å². The molecule has 1 aromatic carbocycles. The lowest BCUT2D eigenvalue weighted by Gasteiger charge is -2.29. The monoisotopic (exact) mass is 281 g/mol. The van der Waals surface area contributed by atoms with Crippen molar-refractivity contribution in [1.29, 1.82) is 0 Å². The van der Waals surface area contributed by atoms with Crippen molar-refractivity contribution in [3.05, 3.63) is 23.5 Å². The van der Waals surface area contributed by atoms with Gasteiger partial charge >= 0.3 is 5.97 Å². The van der Waals surface area contributed by atoms with Crippen molar-refractivity contribution < 1.29 is 19.0 Å². The Morgan fingerprint density at radius 2 is 2.25 bits per heavy atom. The van der Waals surface area contributed by atoms with Crippen molar-refractivity contribution >= 4 is 11.7 Å². The summed E-state index contributed by atoms with van der Waals surface area (Å²) in [7, 11) is 0. The van der Waals surface area contributed by atoms with E-state index in [1.807, 2.05) is 0 Å². The fourth-order valence-electron chi connectivity index (χ4n) is 2.74. The first-order chi connectivity index (χ1) is 9.51. The molecule has 0 bridgehead atoms. The molecule has 4 nitrogen and oxygen atoms in total. The maximum atomic E-state index is 13.7. The van der Waals surface area contributed by atoms with Gasteiger partial charge in [0.25, 0.3) is 0 Å². The number of carboxylic acid groups (broad SMARTS) is 1. The van der Waals surface area contributed by atoms with Gasteiger partial charge in [0.15, 0.2) is 0 Å². The number of hydrogen-bond donors (Lipinski definition) is 2. The van der Waals surface area contributed by atoms with Gasteiger partial charge in [0.1, 0.15) is 11.6 Å². The minimum absolute atomic E-state index is 0.0334. The number of carboxylic acids is 1. The van der Waals surface area contributed by atoms with Crippen molar-refractivity contribution in [2.45, 2.75) is 45.1 Å². The SMILES string of the molecule is CCC1CCCC(Oc2cc(F)c(C(=O)O)cc2N)C1. The standard InChI is InChI=1S/C15H20FNO3/c1-2-9-4-3-5-10(6-9)20-14-8-12(16)11(15(18)19)7-13(14)17/h7-10H,2-6,17H2,1H3,(H,18,19). The predicted octanol–water partition coefficient (Wildman–Crippen LogP) is 3.45. The molecular weight excluding hydrogens is 261 g/mol.